The van der Waals surface area contributed by atoms with Gasteiger partial charge in [0.2, 0.25) is 5.88 Å². The Morgan fingerprint density at radius 1 is 1.29 bits per heavy atom. The summed E-state index contributed by atoms with van der Waals surface area (Å²) in [6.07, 6.45) is 1.37. The predicted molar refractivity (Wildman–Crippen MR) is 87.0 cm³/mol. The number of rotatable bonds is 4. The molecule has 2 heterocycles. The first kappa shape index (κ1) is 15.6. The third-order valence-corrected chi connectivity index (χ3v) is 3.63. The van der Waals surface area contributed by atoms with Crippen molar-refractivity contribution in [3.05, 3.63) is 48.2 Å². The molecule has 7 nitrogen and oxygen atoms in total. The van der Waals surface area contributed by atoms with Gasteiger partial charge in [-0.2, -0.15) is 5.26 Å². The number of ether oxygens (including phenoxy) is 2. The van der Waals surface area contributed by atoms with Crippen LogP contribution in [0.3, 0.4) is 0 Å². The van der Waals surface area contributed by atoms with Gasteiger partial charge in [-0.1, -0.05) is 0 Å². The van der Waals surface area contributed by atoms with Crippen molar-refractivity contribution in [2.24, 2.45) is 0 Å². The standard InChI is InChI=1S/C17H16N4O3/c1-23-14-5-3-13(4-6-14)20-17(22)21-10-15(11-21)24-16-7-2-12(8-18)9-19-16/h2-7,9,15H,10-11H2,1H3,(H,20,22). The zero-order valence-corrected chi connectivity index (χ0v) is 13.1. The fourth-order valence-electron chi connectivity index (χ4n) is 2.24. The lowest BCUT2D eigenvalue weighted by Gasteiger charge is -2.38. The normalized spacial score (nSPS) is 13.6. The number of anilines is 1. The van der Waals surface area contributed by atoms with Gasteiger partial charge in [0.1, 0.15) is 17.9 Å². The number of pyridine rings is 1. The Bertz CT molecular complexity index is 747. The van der Waals surface area contributed by atoms with E-state index in [1.165, 1.54) is 6.20 Å². The van der Waals surface area contributed by atoms with Crippen LogP contribution in [0.2, 0.25) is 0 Å². The summed E-state index contributed by atoms with van der Waals surface area (Å²) in [5.74, 6) is 1.19. The van der Waals surface area contributed by atoms with E-state index in [1.807, 2.05) is 6.07 Å². The molecule has 0 radical (unpaired) electrons. The van der Waals surface area contributed by atoms with Crippen LogP contribution in [0.4, 0.5) is 10.5 Å². The maximum absolute atomic E-state index is 12.1. The molecule has 2 aromatic rings. The Hall–Kier alpha value is -3.27. The van der Waals surface area contributed by atoms with Crippen molar-refractivity contribution in [3.8, 4) is 17.7 Å². The van der Waals surface area contributed by atoms with Gasteiger partial charge in [0.05, 0.1) is 25.8 Å². The van der Waals surface area contributed by atoms with Crippen LogP contribution in [0.1, 0.15) is 5.56 Å². The number of hydrogen-bond acceptors (Lipinski definition) is 5. The van der Waals surface area contributed by atoms with Crippen LogP contribution in [-0.2, 0) is 0 Å². The van der Waals surface area contributed by atoms with E-state index >= 15 is 0 Å². The molecule has 7 heteroatoms. The summed E-state index contributed by atoms with van der Waals surface area (Å²) in [4.78, 5) is 17.8. The summed E-state index contributed by atoms with van der Waals surface area (Å²) >= 11 is 0. The third-order valence-electron chi connectivity index (χ3n) is 3.63. The zero-order chi connectivity index (χ0) is 16.9. The topological polar surface area (TPSA) is 87.5 Å². The molecule has 1 N–H and O–H groups in total. The van der Waals surface area contributed by atoms with Gasteiger partial charge < -0.3 is 19.7 Å². The fraction of sp³-hybridized carbons (Fsp3) is 0.235. The summed E-state index contributed by atoms with van der Waals surface area (Å²) in [7, 11) is 1.59. The van der Waals surface area contributed by atoms with E-state index < -0.39 is 0 Å². The quantitative estimate of drug-likeness (QED) is 0.932. The van der Waals surface area contributed by atoms with Gasteiger partial charge in [0.25, 0.3) is 0 Å². The highest BCUT2D eigenvalue weighted by Crippen LogP contribution is 2.19. The summed E-state index contributed by atoms with van der Waals surface area (Å²) in [6, 6.07) is 12.3. The molecule has 1 aliphatic rings. The zero-order valence-electron chi connectivity index (χ0n) is 13.1. The lowest BCUT2D eigenvalue weighted by molar-refractivity contribution is 0.0461. The van der Waals surface area contributed by atoms with E-state index in [4.69, 9.17) is 14.7 Å². The van der Waals surface area contributed by atoms with Crippen molar-refractivity contribution in [3.63, 3.8) is 0 Å². The van der Waals surface area contributed by atoms with Crippen LogP contribution in [-0.4, -0.2) is 42.2 Å². The van der Waals surface area contributed by atoms with Crippen molar-refractivity contribution in [1.82, 2.24) is 9.88 Å². The summed E-state index contributed by atoms with van der Waals surface area (Å²) in [5.41, 5.74) is 1.19. The number of urea groups is 1. The first-order valence-electron chi connectivity index (χ1n) is 7.41. The second kappa shape index (κ2) is 6.87. The molecule has 0 saturated carbocycles. The van der Waals surface area contributed by atoms with Crippen molar-refractivity contribution < 1.29 is 14.3 Å². The molecule has 0 aliphatic carbocycles. The van der Waals surface area contributed by atoms with E-state index in [0.29, 0.717) is 30.2 Å². The first-order chi connectivity index (χ1) is 11.7. The van der Waals surface area contributed by atoms with E-state index in [2.05, 4.69) is 10.3 Å². The second-order valence-electron chi connectivity index (χ2n) is 5.30. The van der Waals surface area contributed by atoms with E-state index in [9.17, 15) is 4.79 Å². The minimum atomic E-state index is -0.173. The smallest absolute Gasteiger partial charge is 0.322 e. The highest BCUT2D eigenvalue weighted by molar-refractivity contribution is 5.90. The van der Waals surface area contributed by atoms with Gasteiger partial charge in [0.15, 0.2) is 0 Å². The highest BCUT2D eigenvalue weighted by Gasteiger charge is 2.32. The van der Waals surface area contributed by atoms with Crippen LogP contribution in [0.5, 0.6) is 11.6 Å². The Morgan fingerprint density at radius 2 is 2.04 bits per heavy atom. The number of carbonyl (C=O) groups is 1. The fourth-order valence-corrected chi connectivity index (χ4v) is 2.24. The average molecular weight is 324 g/mol. The van der Waals surface area contributed by atoms with Crippen molar-refractivity contribution >= 4 is 11.7 Å². The average Bonchev–Trinajstić information content (AvgIpc) is 2.58. The van der Waals surface area contributed by atoms with Crippen molar-refractivity contribution in [2.75, 3.05) is 25.5 Å². The molecule has 1 aromatic carbocycles. The molecule has 1 saturated heterocycles. The van der Waals surface area contributed by atoms with Gasteiger partial charge in [-0.15, -0.1) is 0 Å². The molecular formula is C17H16N4O3. The number of methoxy groups -OCH3 is 1. The van der Waals surface area contributed by atoms with Crippen LogP contribution in [0.25, 0.3) is 0 Å². The maximum Gasteiger partial charge on any atom is 0.322 e. The van der Waals surface area contributed by atoms with Gasteiger partial charge in [-0.3, -0.25) is 0 Å². The molecule has 1 aromatic heterocycles. The monoisotopic (exact) mass is 324 g/mol. The number of nitrogens with zero attached hydrogens (tertiary/aromatic N) is 3. The molecule has 1 aliphatic heterocycles. The van der Waals surface area contributed by atoms with Gasteiger partial charge in [-0.25, -0.2) is 9.78 Å². The summed E-state index contributed by atoms with van der Waals surface area (Å²) < 4.78 is 10.7. The molecular weight excluding hydrogens is 308 g/mol. The summed E-state index contributed by atoms with van der Waals surface area (Å²) in [6.45, 7) is 0.980. The van der Waals surface area contributed by atoms with Crippen molar-refractivity contribution in [2.45, 2.75) is 6.10 Å². The lowest BCUT2D eigenvalue weighted by atomic mass is 10.2. The minimum Gasteiger partial charge on any atom is -0.497 e. The number of hydrogen-bond donors (Lipinski definition) is 1. The SMILES string of the molecule is COc1ccc(NC(=O)N2CC(Oc3ccc(C#N)cn3)C2)cc1. The number of likely N-dealkylation sites (tertiary alicyclic amines) is 1. The third kappa shape index (κ3) is 3.55. The van der Waals surface area contributed by atoms with Gasteiger partial charge in [0, 0.05) is 18.0 Å². The Kier molecular flexibility index (Phi) is 4.47. The van der Waals surface area contributed by atoms with E-state index in [1.54, 1.807) is 48.4 Å². The van der Waals surface area contributed by atoms with E-state index in [-0.39, 0.29) is 12.1 Å². The molecule has 1 fully saturated rings. The largest absolute Gasteiger partial charge is 0.497 e. The lowest BCUT2D eigenvalue weighted by Crippen LogP contribution is -2.57. The molecule has 24 heavy (non-hydrogen) atoms. The molecule has 0 unspecified atom stereocenters. The van der Waals surface area contributed by atoms with Crippen LogP contribution >= 0.6 is 0 Å². The number of aromatic nitrogens is 1. The van der Waals surface area contributed by atoms with Gasteiger partial charge >= 0.3 is 6.03 Å². The molecule has 0 spiro atoms. The number of amides is 2. The molecule has 0 bridgehead atoms. The van der Waals surface area contributed by atoms with Crippen LogP contribution in [0, 0.1) is 11.3 Å². The van der Waals surface area contributed by atoms with Crippen LogP contribution in [0.15, 0.2) is 42.6 Å². The first-order valence-corrected chi connectivity index (χ1v) is 7.41. The Labute approximate surface area is 139 Å². The summed E-state index contributed by atoms with van der Waals surface area (Å²) in [5, 5.41) is 11.5. The molecule has 3 rings (SSSR count). The van der Waals surface area contributed by atoms with Crippen molar-refractivity contribution in [1.29, 1.82) is 5.26 Å². The minimum absolute atomic E-state index is 0.0907. The second-order valence-corrected chi connectivity index (χ2v) is 5.30. The number of benzene rings is 1. The highest BCUT2D eigenvalue weighted by atomic mass is 16.5. The Balaban J connectivity index is 1.46. The number of nitrogens with one attached hydrogen (secondary N) is 1. The Morgan fingerprint density at radius 3 is 2.62 bits per heavy atom. The molecule has 0 atom stereocenters. The number of nitriles is 1. The number of carbonyl (C=O) groups excluding carboxylic acids is 1. The maximum atomic E-state index is 12.1. The molecule has 122 valence electrons. The molecule has 2 amide bonds. The van der Waals surface area contributed by atoms with E-state index in [0.717, 1.165) is 5.75 Å². The van der Waals surface area contributed by atoms with Gasteiger partial charge in [-0.05, 0) is 30.3 Å². The van der Waals surface area contributed by atoms with Crippen LogP contribution < -0.4 is 14.8 Å². The predicted octanol–water partition coefficient (Wildman–Crippen LogP) is 2.26.